The van der Waals surface area contributed by atoms with Crippen LogP contribution in [0.1, 0.15) is 30.0 Å². The van der Waals surface area contributed by atoms with E-state index in [-0.39, 0.29) is 31.0 Å². The fraction of sp³-hybridized carbons (Fsp3) is 0.310. The molecule has 0 unspecified atom stereocenters. The van der Waals surface area contributed by atoms with Gasteiger partial charge in [-0.05, 0) is 48.2 Å². The van der Waals surface area contributed by atoms with Crippen molar-refractivity contribution < 1.29 is 19.1 Å². The molecule has 2 amide bonds. The number of hydrogen-bond acceptors (Lipinski definition) is 6. The molecule has 1 aliphatic rings. The molecule has 196 valence electrons. The highest BCUT2D eigenvalue weighted by Gasteiger charge is 2.32. The molecule has 1 aromatic heterocycles. The predicted molar refractivity (Wildman–Crippen MR) is 142 cm³/mol. The van der Waals surface area contributed by atoms with Crippen LogP contribution < -0.4 is 10.1 Å². The third kappa shape index (κ3) is 5.84. The molecule has 1 fully saturated rings. The Morgan fingerprint density at radius 1 is 1.08 bits per heavy atom. The van der Waals surface area contributed by atoms with Gasteiger partial charge in [0.05, 0.1) is 18.7 Å². The van der Waals surface area contributed by atoms with Gasteiger partial charge in [0.15, 0.2) is 0 Å². The minimum absolute atomic E-state index is 0.0115. The van der Waals surface area contributed by atoms with Crippen LogP contribution in [0.25, 0.3) is 11.0 Å². The summed E-state index contributed by atoms with van der Waals surface area (Å²) in [5.41, 5.74) is 3.05. The number of benzene rings is 3. The van der Waals surface area contributed by atoms with E-state index in [9.17, 15) is 9.59 Å². The van der Waals surface area contributed by atoms with Crippen molar-refractivity contribution in [2.75, 3.05) is 20.3 Å². The highest BCUT2D eigenvalue weighted by atomic mass is 16.5. The number of para-hydroxylation sites is 1. The maximum atomic E-state index is 14.0. The quantitative estimate of drug-likeness (QED) is 0.349. The van der Waals surface area contributed by atoms with Crippen LogP contribution >= 0.6 is 0 Å². The first-order valence-corrected chi connectivity index (χ1v) is 12.8. The molecule has 9 nitrogen and oxygen atoms in total. The van der Waals surface area contributed by atoms with Gasteiger partial charge in [-0.2, -0.15) is 0 Å². The second-order valence-corrected chi connectivity index (χ2v) is 9.30. The average molecular weight is 514 g/mol. The number of hydrogen-bond donors (Lipinski definition) is 1. The van der Waals surface area contributed by atoms with E-state index in [1.54, 1.807) is 16.7 Å². The van der Waals surface area contributed by atoms with Crippen LogP contribution in [-0.4, -0.2) is 58.1 Å². The van der Waals surface area contributed by atoms with Gasteiger partial charge in [0.25, 0.3) is 0 Å². The number of methoxy groups -OCH3 is 1. The number of aromatic nitrogens is 3. The number of fused-ring (bicyclic) bond motifs is 1. The summed E-state index contributed by atoms with van der Waals surface area (Å²) in [7, 11) is 1.61. The Balaban J connectivity index is 1.47. The van der Waals surface area contributed by atoms with Crippen molar-refractivity contribution in [1.29, 1.82) is 0 Å². The van der Waals surface area contributed by atoms with Gasteiger partial charge in [-0.15, -0.1) is 5.10 Å². The van der Waals surface area contributed by atoms with Crippen molar-refractivity contribution in [3.63, 3.8) is 0 Å². The normalized spacial score (nSPS) is 15.8. The second-order valence-electron chi connectivity index (χ2n) is 9.30. The van der Waals surface area contributed by atoms with E-state index in [2.05, 4.69) is 15.6 Å². The fourth-order valence-electron chi connectivity index (χ4n) is 4.73. The predicted octanol–water partition coefficient (Wildman–Crippen LogP) is 3.51. The van der Waals surface area contributed by atoms with E-state index in [0.717, 1.165) is 35.2 Å². The number of nitrogens with zero attached hydrogens (tertiary/aromatic N) is 4. The molecular formula is C29H31N5O4. The zero-order valence-electron chi connectivity index (χ0n) is 21.3. The van der Waals surface area contributed by atoms with E-state index < -0.39 is 6.04 Å². The second kappa shape index (κ2) is 11.9. The molecule has 4 aromatic rings. The Kier molecular flexibility index (Phi) is 7.94. The number of amides is 2. The summed E-state index contributed by atoms with van der Waals surface area (Å²) in [6.45, 7) is 1.28. The van der Waals surface area contributed by atoms with E-state index in [1.165, 1.54) is 0 Å². The average Bonchev–Trinajstić information content (AvgIpc) is 3.63. The zero-order chi connectivity index (χ0) is 26.3. The molecule has 5 rings (SSSR count). The molecule has 38 heavy (non-hydrogen) atoms. The van der Waals surface area contributed by atoms with Gasteiger partial charge in [0.2, 0.25) is 11.8 Å². The highest BCUT2D eigenvalue weighted by molar-refractivity contribution is 5.89. The maximum absolute atomic E-state index is 14.0. The number of nitrogens with one attached hydrogen (secondary N) is 1. The van der Waals surface area contributed by atoms with Crippen molar-refractivity contribution in [1.82, 2.24) is 25.2 Å². The van der Waals surface area contributed by atoms with Crippen LogP contribution in [0.15, 0.2) is 78.9 Å². The van der Waals surface area contributed by atoms with Gasteiger partial charge >= 0.3 is 0 Å². The van der Waals surface area contributed by atoms with E-state index in [4.69, 9.17) is 9.47 Å². The Labute approximate surface area is 221 Å². The lowest BCUT2D eigenvalue weighted by molar-refractivity contribution is -0.142. The zero-order valence-corrected chi connectivity index (χ0v) is 21.3. The molecule has 1 saturated heterocycles. The molecule has 0 aliphatic carbocycles. The molecule has 1 aliphatic heterocycles. The molecule has 9 heteroatoms. The Morgan fingerprint density at radius 3 is 2.58 bits per heavy atom. The van der Waals surface area contributed by atoms with Gasteiger partial charge in [0.1, 0.15) is 23.9 Å². The molecule has 0 saturated carbocycles. The van der Waals surface area contributed by atoms with Crippen LogP contribution in [0.4, 0.5) is 0 Å². The molecular weight excluding hydrogens is 482 g/mol. The van der Waals surface area contributed by atoms with Gasteiger partial charge in [-0.1, -0.05) is 59.8 Å². The van der Waals surface area contributed by atoms with Crippen LogP contribution in [-0.2, 0) is 27.4 Å². The smallest absolute Gasteiger partial charge is 0.247 e. The van der Waals surface area contributed by atoms with E-state index >= 15 is 0 Å². The monoisotopic (exact) mass is 513 g/mol. The summed E-state index contributed by atoms with van der Waals surface area (Å²) in [6.07, 6.45) is 1.88. The fourth-order valence-corrected chi connectivity index (χ4v) is 4.73. The first kappa shape index (κ1) is 25.4. The molecule has 0 bridgehead atoms. The lowest BCUT2D eigenvalue weighted by Gasteiger charge is -2.32. The Bertz CT molecular complexity index is 1370. The van der Waals surface area contributed by atoms with Crippen molar-refractivity contribution in [2.24, 2.45) is 0 Å². The number of rotatable bonds is 10. The lowest BCUT2D eigenvalue weighted by atomic mass is 10.0. The number of carbonyl (C=O) groups is 2. The molecule has 0 spiro atoms. The minimum atomic E-state index is -0.845. The lowest BCUT2D eigenvalue weighted by Crippen LogP contribution is -2.46. The first-order chi connectivity index (χ1) is 18.6. The summed E-state index contributed by atoms with van der Waals surface area (Å²) in [5, 5.41) is 11.4. The van der Waals surface area contributed by atoms with Crippen LogP contribution in [0.5, 0.6) is 5.75 Å². The van der Waals surface area contributed by atoms with Gasteiger partial charge in [-0.25, -0.2) is 4.68 Å². The summed E-state index contributed by atoms with van der Waals surface area (Å²) in [5.74, 6) is 0.212. The van der Waals surface area contributed by atoms with E-state index in [1.807, 2.05) is 78.9 Å². The number of ether oxygens (including phenoxy) is 2. The van der Waals surface area contributed by atoms with Crippen molar-refractivity contribution in [3.05, 3.63) is 90.0 Å². The third-order valence-electron chi connectivity index (χ3n) is 6.74. The standard InChI is InChI=1S/C29H31N5O4/c1-37-23-15-13-21(14-16-23)19-33(27(35)20-34-26-12-6-5-11-25(26)31-32-34)28(22-8-3-2-4-9-22)29(36)30-18-24-10-7-17-38-24/h2-6,8-9,11-16,24,28H,7,10,17-20H2,1H3,(H,30,36)/t24-,28+/m0/s1. The largest absolute Gasteiger partial charge is 0.497 e. The summed E-state index contributed by atoms with van der Waals surface area (Å²) in [4.78, 5) is 29.3. The van der Waals surface area contributed by atoms with Crippen LogP contribution in [0.3, 0.4) is 0 Å². The van der Waals surface area contributed by atoms with Crippen molar-refractivity contribution in [3.8, 4) is 5.75 Å². The molecule has 3 aromatic carbocycles. The maximum Gasteiger partial charge on any atom is 0.247 e. The SMILES string of the molecule is COc1ccc(CN(C(=O)Cn2nnc3ccccc32)[C@@H](C(=O)NC[C@@H]2CCCO2)c2ccccc2)cc1. The highest BCUT2D eigenvalue weighted by Crippen LogP contribution is 2.26. The summed E-state index contributed by atoms with van der Waals surface area (Å²) in [6, 6.07) is 23.5. The Morgan fingerprint density at radius 2 is 1.84 bits per heavy atom. The summed E-state index contributed by atoms with van der Waals surface area (Å²) < 4.78 is 12.6. The molecule has 2 heterocycles. The summed E-state index contributed by atoms with van der Waals surface area (Å²) >= 11 is 0. The van der Waals surface area contributed by atoms with Crippen LogP contribution in [0, 0.1) is 0 Å². The van der Waals surface area contributed by atoms with Gasteiger partial charge < -0.3 is 19.7 Å². The van der Waals surface area contributed by atoms with Crippen LogP contribution in [0.2, 0.25) is 0 Å². The minimum Gasteiger partial charge on any atom is -0.497 e. The van der Waals surface area contributed by atoms with Gasteiger partial charge in [0, 0.05) is 19.7 Å². The van der Waals surface area contributed by atoms with Crippen molar-refractivity contribution >= 4 is 22.8 Å². The topological polar surface area (TPSA) is 98.6 Å². The van der Waals surface area contributed by atoms with Gasteiger partial charge in [-0.3, -0.25) is 9.59 Å². The third-order valence-corrected chi connectivity index (χ3v) is 6.74. The molecule has 1 N–H and O–H groups in total. The molecule has 0 radical (unpaired) electrons. The van der Waals surface area contributed by atoms with E-state index in [0.29, 0.717) is 18.7 Å². The molecule has 2 atom stereocenters. The number of carbonyl (C=O) groups excluding carboxylic acids is 2. The Hall–Kier alpha value is -4.24. The first-order valence-electron chi connectivity index (χ1n) is 12.8. The van der Waals surface area contributed by atoms with Crippen molar-refractivity contribution in [2.45, 2.75) is 38.1 Å².